The van der Waals surface area contributed by atoms with Crippen LogP contribution in [0.15, 0.2) is 0 Å². The topological polar surface area (TPSA) is 99.1 Å². The molecule has 3 N–H and O–H groups in total. The van der Waals surface area contributed by atoms with Crippen molar-refractivity contribution in [2.75, 3.05) is 27.4 Å². The van der Waals surface area contributed by atoms with Crippen LogP contribution in [-0.4, -0.2) is 66.6 Å². The van der Waals surface area contributed by atoms with Crippen LogP contribution < -0.4 is 5.32 Å². The Balaban J connectivity index is 4.31. The fourth-order valence-electron chi connectivity index (χ4n) is 1.26. The normalized spacial score (nSPS) is 13.8. The number of nitrogens with one attached hydrogen (secondary N) is 1. The zero-order valence-corrected chi connectivity index (χ0v) is 11.0. The summed E-state index contributed by atoms with van der Waals surface area (Å²) in [5.74, 6) is -1.08. The predicted octanol–water partition coefficient (Wildman–Crippen LogP) is -0.112. The summed E-state index contributed by atoms with van der Waals surface area (Å²) in [6.07, 6.45) is 0.850. The lowest BCUT2D eigenvalue weighted by Crippen LogP contribution is -2.50. The zero-order chi connectivity index (χ0) is 14.1. The first-order valence-electron chi connectivity index (χ1n) is 5.80. The van der Waals surface area contributed by atoms with Gasteiger partial charge in [-0.2, -0.15) is 0 Å². The third-order valence-electron chi connectivity index (χ3n) is 2.68. The van der Waals surface area contributed by atoms with Gasteiger partial charge in [-0.25, -0.2) is 9.59 Å². The predicted molar refractivity (Wildman–Crippen MR) is 65.4 cm³/mol. The van der Waals surface area contributed by atoms with E-state index in [0.29, 0.717) is 19.4 Å². The Morgan fingerprint density at radius 1 is 1.44 bits per heavy atom. The standard InChI is InChI=1S/C11H22N2O5/c1-8(7-14)13(2)11(17)12-9(10(15)16)5-4-6-18-3/h8-9,14H,4-7H2,1-3H3,(H,12,17)(H,15,16). The third-order valence-corrected chi connectivity index (χ3v) is 2.68. The van der Waals surface area contributed by atoms with Gasteiger partial charge in [-0.15, -0.1) is 0 Å². The Kier molecular flexibility index (Phi) is 8.06. The number of amides is 2. The molecule has 0 aliphatic rings. The van der Waals surface area contributed by atoms with Gasteiger partial charge in [-0.3, -0.25) is 0 Å². The maximum absolute atomic E-state index is 11.7. The van der Waals surface area contributed by atoms with Crippen molar-refractivity contribution >= 4 is 12.0 Å². The molecule has 0 aromatic heterocycles. The number of hydrogen-bond acceptors (Lipinski definition) is 4. The molecule has 0 bridgehead atoms. The maximum Gasteiger partial charge on any atom is 0.326 e. The van der Waals surface area contributed by atoms with E-state index in [1.54, 1.807) is 6.92 Å². The van der Waals surface area contributed by atoms with E-state index in [0.717, 1.165) is 0 Å². The lowest BCUT2D eigenvalue weighted by molar-refractivity contribution is -0.139. The first kappa shape index (κ1) is 16.7. The number of urea groups is 1. The van der Waals surface area contributed by atoms with Crippen LogP contribution in [-0.2, 0) is 9.53 Å². The number of nitrogens with zero attached hydrogens (tertiary/aromatic N) is 1. The van der Waals surface area contributed by atoms with Crippen LogP contribution in [0.25, 0.3) is 0 Å². The van der Waals surface area contributed by atoms with Crippen LogP contribution in [0.3, 0.4) is 0 Å². The molecule has 7 nitrogen and oxygen atoms in total. The van der Waals surface area contributed by atoms with Crippen LogP contribution in [0.4, 0.5) is 4.79 Å². The van der Waals surface area contributed by atoms with E-state index in [2.05, 4.69) is 5.32 Å². The molecular weight excluding hydrogens is 240 g/mol. The molecule has 2 amide bonds. The van der Waals surface area contributed by atoms with Gasteiger partial charge < -0.3 is 25.2 Å². The van der Waals surface area contributed by atoms with Crippen molar-refractivity contribution in [3.05, 3.63) is 0 Å². The fourth-order valence-corrected chi connectivity index (χ4v) is 1.26. The quantitative estimate of drug-likeness (QED) is 0.530. The number of carboxylic acid groups (broad SMARTS) is 1. The second kappa shape index (κ2) is 8.71. The molecule has 0 radical (unpaired) electrons. The van der Waals surface area contributed by atoms with Gasteiger partial charge >= 0.3 is 12.0 Å². The molecule has 0 saturated carbocycles. The van der Waals surface area contributed by atoms with Crippen molar-refractivity contribution in [1.82, 2.24) is 10.2 Å². The monoisotopic (exact) mass is 262 g/mol. The largest absolute Gasteiger partial charge is 0.480 e. The SMILES string of the molecule is COCCCC(NC(=O)N(C)C(C)CO)C(=O)O. The van der Waals surface area contributed by atoms with Crippen LogP contribution in [0.1, 0.15) is 19.8 Å². The van der Waals surface area contributed by atoms with E-state index in [1.807, 2.05) is 0 Å². The number of ether oxygens (including phenoxy) is 1. The van der Waals surface area contributed by atoms with Crippen molar-refractivity contribution in [3.8, 4) is 0 Å². The molecule has 0 heterocycles. The van der Waals surface area contributed by atoms with E-state index in [4.69, 9.17) is 14.9 Å². The molecule has 0 aromatic rings. The number of carbonyl (C=O) groups excluding carboxylic acids is 1. The van der Waals surface area contributed by atoms with Gasteiger partial charge in [0.05, 0.1) is 12.6 Å². The Labute approximate surface area is 107 Å². The minimum Gasteiger partial charge on any atom is -0.480 e. The molecule has 7 heteroatoms. The molecule has 2 atom stereocenters. The van der Waals surface area contributed by atoms with Gasteiger partial charge in [0.25, 0.3) is 0 Å². The highest BCUT2D eigenvalue weighted by atomic mass is 16.5. The molecule has 0 spiro atoms. The summed E-state index contributed by atoms with van der Waals surface area (Å²) in [5.41, 5.74) is 0. The van der Waals surface area contributed by atoms with Gasteiger partial charge in [0.2, 0.25) is 0 Å². The Bertz CT molecular complexity index is 272. The maximum atomic E-state index is 11.7. The minimum absolute atomic E-state index is 0.175. The van der Waals surface area contributed by atoms with Gasteiger partial charge in [0.1, 0.15) is 6.04 Å². The molecular formula is C11H22N2O5. The summed E-state index contributed by atoms with van der Waals surface area (Å²) in [4.78, 5) is 23.9. The van der Waals surface area contributed by atoms with E-state index in [-0.39, 0.29) is 12.6 Å². The minimum atomic E-state index is -1.08. The number of carbonyl (C=O) groups is 2. The Morgan fingerprint density at radius 3 is 2.50 bits per heavy atom. The molecule has 0 aliphatic heterocycles. The van der Waals surface area contributed by atoms with E-state index in [1.165, 1.54) is 19.1 Å². The van der Waals surface area contributed by atoms with Crippen molar-refractivity contribution in [2.24, 2.45) is 0 Å². The van der Waals surface area contributed by atoms with Crippen molar-refractivity contribution in [2.45, 2.75) is 31.8 Å². The van der Waals surface area contributed by atoms with Crippen LogP contribution in [0.2, 0.25) is 0 Å². The second-order valence-corrected chi connectivity index (χ2v) is 4.12. The number of hydrogen-bond donors (Lipinski definition) is 3. The van der Waals surface area contributed by atoms with E-state index >= 15 is 0 Å². The Hall–Kier alpha value is -1.34. The highest BCUT2D eigenvalue weighted by molar-refractivity contribution is 5.82. The summed E-state index contributed by atoms with van der Waals surface area (Å²) in [5, 5.41) is 20.3. The highest BCUT2D eigenvalue weighted by Crippen LogP contribution is 2.01. The summed E-state index contributed by atoms with van der Waals surface area (Å²) in [6.45, 7) is 1.94. The van der Waals surface area contributed by atoms with Gasteiger partial charge in [0.15, 0.2) is 0 Å². The second-order valence-electron chi connectivity index (χ2n) is 4.12. The fraction of sp³-hybridized carbons (Fsp3) is 0.818. The number of aliphatic hydroxyl groups excluding tert-OH is 1. The Morgan fingerprint density at radius 2 is 2.06 bits per heavy atom. The van der Waals surface area contributed by atoms with Gasteiger partial charge in [-0.05, 0) is 19.8 Å². The molecule has 18 heavy (non-hydrogen) atoms. The molecule has 0 aliphatic carbocycles. The number of aliphatic carboxylic acids is 1. The molecule has 0 fully saturated rings. The van der Waals surface area contributed by atoms with Crippen LogP contribution in [0.5, 0.6) is 0 Å². The lowest BCUT2D eigenvalue weighted by atomic mass is 10.1. The number of likely N-dealkylation sites (N-methyl/N-ethyl adjacent to an activating group) is 1. The van der Waals surface area contributed by atoms with Crippen molar-refractivity contribution in [3.63, 3.8) is 0 Å². The number of carboxylic acids is 1. The molecule has 2 unspecified atom stereocenters. The van der Waals surface area contributed by atoms with Crippen LogP contribution in [0, 0.1) is 0 Å². The third kappa shape index (κ3) is 5.83. The molecule has 0 saturated heterocycles. The number of rotatable bonds is 8. The first-order valence-corrected chi connectivity index (χ1v) is 5.80. The van der Waals surface area contributed by atoms with E-state index in [9.17, 15) is 9.59 Å². The highest BCUT2D eigenvalue weighted by Gasteiger charge is 2.23. The number of aliphatic hydroxyl groups is 1. The van der Waals surface area contributed by atoms with Gasteiger partial charge in [0, 0.05) is 20.8 Å². The molecule has 0 rings (SSSR count). The average Bonchev–Trinajstić information content (AvgIpc) is 2.35. The van der Waals surface area contributed by atoms with Crippen molar-refractivity contribution in [1.29, 1.82) is 0 Å². The zero-order valence-electron chi connectivity index (χ0n) is 11.0. The molecule has 0 aromatic carbocycles. The van der Waals surface area contributed by atoms with Gasteiger partial charge in [-0.1, -0.05) is 0 Å². The smallest absolute Gasteiger partial charge is 0.326 e. The molecule has 106 valence electrons. The summed E-state index contributed by atoms with van der Waals surface area (Å²) in [7, 11) is 3.04. The van der Waals surface area contributed by atoms with Crippen molar-refractivity contribution < 1.29 is 24.5 Å². The van der Waals surface area contributed by atoms with E-state index < -0.39 is 18.0 Å². The summed E-state index contributed by atoms with van der Waals surface area (Å²) in [6, 6.07) is -1.82. The number of methoxy groups -OCH3 is 1. The lowest BCUT2D eigenvalue weighted by Gasteiger charge is -2.25. The average molecular weight is 262 g/mol. The summed E-state index contributed by atoms with van der Waals surface area (Å²) >= 11 is 0. The first-order chi connectivity index (χ1) is 8.43. The summed E-state index contributed by atoms with van der Waals surface area (Å²) < 4.78 is 4.83. The van der Waals surface area contributed by atoms with Crippen LogP contribution >= 0.6 is 0 Å².